The van der Waals surface area contributed by atoms with E-state index in [1.165, 1.54) is 0 Å². The van der Waals surface area contributed by atoms with E-state index in [0.717, 1.165) is 39.8 Å². The van der Waals surface area contributed by atoms with Crippen LogP contribution in [0, 0.1) is 0 Å². The summed E-state index contributed by atoms with van der Waals surface area (Å²) in [6.45, 7) is 0. The van der Waals surface area contributed by atoms with Gasteiger partial charge in [0.15, 0.2) is 0 Å². The zero-order chi connectivity index (χ0) is 17.4. The van der Waals surface area contributed by atoms with Gasteiger partial charge in [-0.3, -0.25) is 4.40 Å². The highest BCUT2D eigenvalue weighted by Crippen LogP contribution is 2.28. The Labute approximate surface area is 146 Å². The first-order chi connectivity index (χ1) is 12.2. The molecule has 2 aromatic heterocycles. The second-order valence-electron chi connectivity index (χ2n) is 5.87. The molecule has 0 aliphatic carbocycles. The summed E-state index contributed by atoms with van der Waals surface area (Å²) >= 11 is 0. The molecule has 0 atom stereocenters. The van der Waals surface area contributed by atoms with E-state index >= 15 is 0 Å². The number of nitrogens with zero attached hydrogens (tertiary/aromatic N) is 3. The van der Waals surface area contributed by atoms with Crippen LogP contribution in [0.4, 0.5) is 0 Å². The minimum absolute atomic E-state index is 0.841. The molecule has 4 rings (SSSR count). The Morgan fingerprint density at radius 3 is 2.28 bits per heavy atom. The molecule has 0 N–H and O–H groups in total. The van der Waals surface area contributed by atoms with Crippen molar-refractivity contribution in [3.8, 4) is 34.0 Å². The number of benzene rings is 2. The van der Waals surface area contributed by atoms with Crippen molar-refractivity contribution in [3.63, 3.8) is 0 Å². The van der Waals surface area contributed by atoms with Crippen LogP contribution in [-0.2, 0) is 7.05 Å². The largest absolute Gasteiger partial charge is 0.497 e. The highest BCUT2D eigenvalue weighted by molar-refractivity contribution is 5.68. The van der Waals surface area contributed by atoms with Gasteiger partial charge in [-0.05, 0) is 36.4 Å². The smallest absolute Gasteiger partial charge is 0.214 e. The Morgan fingerprint density at radius 2 is 1.60 bits per heavy atom. The fourth-order valence-corrected chi connectivity index (χ4v) is 3.00. The normalized spacial score (nSPS) is 11.0. The van der Waals surface area contributed by atoms with E-state index in [1.54, 1.807) is 14.2 Å². The average Bonchev–Trinajstić information content (AvgIpc) is 3.21. The Hall–Kier alpha value is -3.21. The third kappa shape index (κ3) is 2.63. The second kappa shape index (κ2) is 6.02. The van der Waals surface area contributed by atoms with Crippen LogP contribution < -0.4 is 9.47 Å². The van der Waals surface area contributed by atoms with E-state index in [9.17, 15) is 0 Å². The van der Waals surface area contributed by atoms with Gasteiger partial charge in [-0.1, -0.05) is 12.1 Å². The van der Waals surface area contributed by atoms with Crippen molar-refractivity contribution in [1.29, 1.82) is 0 Å². The van der Waals surface area contributed by atoms with Gasteiger partial charge in [-0.25, -0.2) is 4.98 Å². The molecule has 0 unspecified atom stereocenters. The van der Waals surface area contributed by atoms with Crippen molar-refractivity contribution in [2.45, 2.75) is 0 Å². The molecule has 0 saturated heterocycles. The highest BCUT2D eigenvalue weighted by Gasteiger charge is 2.13. The summed E-state index contributed by atoms with van der Waals surface area (Å²) in [5.74, 6) is 2.58. The molecule has 2 aromatic carbocycles. The number of aryl methyl sites for hydroxylation is 1. The molecule has 126 valence electrons. The molecule has 0 spiro atoms. The van der Waals surface area contributed by atoms with Gasteiger partial charge in [0, 0.05) is 30.6 Å². The lowest BCUT2D eigenvalue weighted by molar-refractivity contribution is 0.415. The van der Waals surface area contributed by atoms with Gasteiger partial charge < -0.3 is 14.0 Å². The van der Waals surface area contributed by atoms with Crippen LogP contribution in [0.25, 0.3) is 28.3 Å². The van der Waals surface area contributed by atoms with Crippen molar-refractivity contribution in [3.05, 3.63) is 60.9 Å². The standard InChI is InChI=1S/C20H19N3O2/c1-22-19(15-5-4-6-17(11-15)25-3)13-23-12-18(21-20(22)23)14-7-9-16(24-2)10-8-14/h4-13H,1-3H3. The van der Waals surface area contributed by atoms with Crippen LogP contribution in [0.1, 0.15) is 0 Å². The summed E-state index contributed by atoms with van der Waals surface area (Å²) in [7, 11) is 5.37. The lowest BCUT2D eigenvalue weighted by Crippen LogP contribution is -1.93. The fourth-order valence-electron chi connectivity index (χ4n) is 3.00. The quantitative estimate of drug-likeness (QED) is 0.566. The summed E-state index contributed by atoms with van der Waals surface area (Å²) in [6, 6.07) is 16.0. The van der Waals surface area contributed by atoms with Gasteiger partial charge in [-0.15, -0.1) is 0 Å². The van der Waals surface area contributed by atoms with Crippen LogP contribution in [0.2, 0.25) is 0 Å². The van der Waals surface area contributed by atoms with Crippen LogP contribution >= 0.6 is 0 Å². The van der Waals surface area contributed by atoms with Gasteiger partial charge >= 0.3 is 0 Å². The zero-order valence-corrected chi connectivity index (χ0v) is 14.4. The van der Waals surface area contributed by atoms with Crippen LogP contribution in [0.3, 0.4) is 0 Å². The van der Waals surface area contributed by atoms with Gasteiger partial charge in [0.1, 0.15) is 11.5 Å². The van der Waals surface area contributed by atoms with E-state index in [2.05, 4.69) is 16.8 Å². The summed E-state index contributed by atoms with van der Waals surface area (Å²) in [5.41, 5.74) is 4.18. The SMILES string of the molecule is COc1ccc(-c2cn3cc(-c4cccc(OC)c4)n(C)c3n2)cc1. The average molecular weight is 333 g/mol. The molecular weight excluding hydrogens is 314 g/mol. The Kier molecular flexibility index (Phi) is 3.69. The van der Waals surface area contributed by atoms with Crippen molar-refractivity contribution < 1.29 is 9.47 Å². The van der Waals surface area contributed by atoms with E-state index < -0.39 is 0 Å². The molecule has 0 radical (unpaired) electrons. The zero-order valence-electron chi connectivity index (χ0n) is 14.4. The van der Waals surface area contributed by atoms with E-state index in [4.69, 9.17) is 14.5 Å². The Morgan fingerprint density at radius 1 is 0.840 bits per heavy atom. The van der Waals surface area contributed by atoms with Crippen LogP contribution in [0.5, 0.6) is 11.5 Å². The van der Waals surface area contributed by atoms with Gasteiger partial charge in [-0.2, -0.15) is 0 Å². The number of rotatable bonds is 4. The lowest BCUT2D eigenvalue weighted by atomic mass is 10.1. The van der Waals surface area contributed by atoms with Crippen molar-refractivity contribution in [2.24, 2.45) is 7.05 Å². The molecule has 0 amide bonds. The predicted octanol–water partition coefficient (Wildman–Crippen LogP) is 4.02. The lowest BCUT2D eigenvalue weighted by Gasteiger charge is -2.05. The molecule has 0 aliphatic rings. The number of fused-ring (bicyclic) bond motifs is 1. The maximum Gasteiger partial charge on any atom is 0.214 e. The maximum absolute atomic E-state index is 5.33. The Balaban J connectivity index is 1.75. The summed E-state index contributed by atoms with van der Waals surface area (Å²) in [5, 5.41) is 0. The van der Waals surface area contributed by atoms with Crippen LogP contribution in [-0.4, -0.2) is 28.2 Å². The highest BCUT2D eigenvalue weighted by atomic mass is 16.5. The first kappa shape index (κ1) is 15.3. The number of ether oxygens (including phenoxy) is 2. The number of aromatic nitrogens is 3. The number of hydrogen-bond donors (Lipinski definition) is 0. The molecule has 2 heterocycles. The minimum atomic E-state index is 0.841. The summed E-state index contributed by atoms with van der Waals surface area (Å²) in [6.07, 6.45) is 4.13. The predicted molar refractivity (Wildman–Crippen MR) is 98.1 cm³/mol. The molecular formula is C20H19N3O2. The number of methoxy groups -OCH3 is 2. The van der Waals surface area contributed by atoms with Gasteiger partial charge in [0.25, 0.3) is 0 Å². The molecule has 5 nitrogen and oxygen atoms in total. The topological polar surface area (TPSA) is 40.7 Å². The molecule has 5 heteroatoms. The molecule has 4 aromatic rings. The first-order valence-corrected chi connectivity index (χ1v) is 8.03. The molecule has 0 saturated carbocycles. The van der Waals surface area contributed by atoms with Gasteiger partial charge in [0.2, 0.25) is 5.78 Å². The minimum Gasteiger partial charge on any atom is -0.497 e. The third-order valence-corrected chi connectivity index (χ3v) is 4.39. The monoisotopic (exact) mass is 333 g/mol. The molecule has 0 fully saturated rings. The third-order valence-electron chi connectivity index (χ3n) is 4.39. The van der Waals surface area contributed by atoms with E-state index in [0.29, 0.717) is 0 Å². The molecule has 0 aliphatic heterocycles. The summed E-state index contributed by atoms with van der Waals surface area (Å²) < 4.78 is 14.7. The van der Waals surface area contributed by atoms with Crippen molar-refractivity contribution >= 4 is 5.78 Å². The Bertz CT molecular complexity index is 1030. The van der Waals surface area contributed by atoms with E-state index in [1.807, 2.05) is 60.1 Å². The maximum atomic E-state index is 5.33. The molecule has 25 heavy (non-hydrogen) atoms. The fraction of sp³-hybridized carbons (Fsp3) is 0.150. The molecule has 0 bridgehead atoms. The van der Waals surface area contributed by atoms with E-state index in [-0.39, 0.29) is 0 Å². The number of imidazole rings is 2. The van der Waals surface area contributed by atoms with Crippen molar-refractivity contribution in [2.75, 3.05) is 14.2 Å². The summed E-state index contributed by atoms with van der Waals surface area (Å²) in [4.78, 5) is 4.78. The van der Waals surface area contributed by atoms with Crippen molar-refractivity contribution in [1.82, 2.24) is 14.0 Å². The first-order valence-electron chi connectivity index (χ1n) is 8.03. The second-order valence-corrected chi connectivity index (χ2v) is 5.87. The van der Waals surface area contributed by atoms with Gasteiger partial charge in [0.05, 0.1) is 25.6 Å². The number of hydrogen-bond acceptors (Lipinski definition) is 3. The van der Waals surface area contributed by atoms with Crippen LogP contribution in [0.15, 0.2) is 60.9 Å².